The summed E-state index contributed by atoms with van der Waals surface area (Å²) in [6, 6.07) is 7.79. The molecule has 0 aliphatic carbocycles. The highest BCUT2D eigenvalue weighted by Crippen LogP contribution is 2.09. The Morgan fingerprint density at radius 3 is 2.81 bits per heavy atom. The molecule has 16 heavy (non-hydrogen) atoms. The number of fused-ring (bicyclic) bond motifs is 1. The maximum atomic E-state index is 12.2. The molecule has 0 saturated heterocycles. The van der Waals surface area contributed by atoms with E-state index in [2.05, 4.69) is 28.7 Å². The first-order valence-electron chi connectivity index (χ1n) is 5.02. The number of rotatable bonds is 1. The Morgan fingerprint density at radius 1 is 1.38 bits per heavy atom. The minimum atomic E-state index is 0.146. The molecule has 2 rings (SSSR count). The summed E-state index contributed by atoms with van der Waals surface area (Å²) in [5, 5.41) is 1.66. The standard InChI is InChI=1S/C13H11IOS/c1-2-9-12(7-8-14)16-11-6-4-3-5-10(11)13(9)15/h2-7H,8H2,1H3/b9-2+,12-7+. The van der Waals surface area contributed by atoms with Gasteiger partial charge < -0.3 is 0 Å². The van der Waals surface area contributed by atoms with E-state index < -0.39 is 0 Å². The lowest BCUT2D eigenvalue weighted by Crippen LogP contribution is -2.37. The predicted molar refractivity (Wildman–Crippen MR) is 80.8 cm³/mol. The molecule has 1 aromatic carbocycles. The van der Waals surface area contributed by atoms with E-state index >= 15 is 0 Å². The highest BCUT2D eigenvalue weighted by atomic mass is 127. The van der Waals surface area contributed by atoms with Gasteiger partial charge in [0.15, 0.2) is 5.43 Å². The molecule has 0 atom stereocenters. The van der Waals surface area contributed by atoms with Gasteiger partial charge in [-0.3, -0.25) is 4.79 Å². The van der Waals surface area contributed by atoms with Crippen molar-refractivity contribution in [2.24, 2.45) is 0 Å². The lowest BCUT2D eigenvalue weighted by Gasteiger charge is -1.96. The maximum Gasteiger partial charge on any atom is 0.195 e. The van der Waals surface area contributed by atoms with Crippen molar-refractivity contribution < 1.29 is 0 Å². The third-order valence-electron chi connectivity index (χ3n) is 2.41. The molecular weight excluding hydrogens is 331 g/mol. The van der Waals surface area contributed by atoms with Crippen LogP contribution >= 0.6 is 33.9 Å². The third kappa shape index (κ3) is 2.06. The van der Waals surface area contributed by atoms with Crippen LogP contribution in [0, 0.1) is 0 Å². The van der Waals surface area contributed by atoms with Gasteiger partial charge in [0.05, 0.1) is 0 Å². The molecule has 0 fully saturated rings. The fourth-order valence-corrected chi connectivity index (χ4v) is 3.55. The molecule has 0 radical (unpaired) electrons. The van der Waals surface area contributed by atoms with Crippen LogP contribution in [0.15, 0.2) is 29.1 Å². The second kappa shape index (κ2) is 5.10. The Morgan fingerprint density at radius 2 is 2.12 bits per heavy atom. The number of hydrogen-bond acceptors (Lipinski definition) is 2. The van der Waals surface area contributed by atoms with Crippen molar-refractivity contribution in [1.29, 1.82) is 0 Å². The van der Waals surface area contributed by atoms with Crippen LogP contribution in [-0.4, -0.2) is 4.43 Å². The summed E-state index contributed by atoms with van der Waals surface area (Å²) in [5.74, 6) is 0. The van der Waals surface area contributed by atoms with E-state index in [1.807, 2.05) is 37.3 Å². The molecule has 82 valence electrons. The zero-order valence-electron chi connectivity index (χ0n) is 8.87. The van der Waals surface area contributed by atoms with Gasteiger partial charge in [-0.05, 0) is 19.1 Å². The van der Waals surface area contributed by atoms with Gasteiger partial charge in [0.2, 0.25) is 0 Å². The zero-order chi connectivity index (χ0) is 11.5. The SMILES string of the molecule is C/C=c1/c(=O)c2ccccc2s/c1=C/CI. The molecule has 0 spiro atoms. The summed E-state index contributed by atoms with van der Waals surface area (Å²) in [5.41, 5.74) is 0.146. The number of alkyl halides is 1. The molecule has 0 N–H and O–H groups in total. The van der Waals surface area contributed by atoms with Crippen molar-refractivity contribution in [2.45, 2.75) is 6.92 Å². The fourth-order valence-electron chi connectivity index (χ4n) is 1.67. The lowest BCUT2D eigenvalue weighted by atomic mass is 10.2. The van der Waals surface area contributed by atoms with Gasteiger partial charge in [0, 0.05) is 24.3 Å². The highest BCUT2D eigenvalue weighted by molar-refractivity contribution is 14.1. The molecule has 1 nitrogen and oxygen atoms in total. The molecule has 1 heterocycles. The largest absolute Gasteiger partial charge is 0.289 e. The maximum absolute atomic E-state index is 12.2. The molecule has 0 bridgehead atoms. The van der Waals surface area contributed by atoms with E-state index in [-0.39, 0.29) is 5.43 Å². The van der Waals surface area contributed by atoms with Crippen molar-refractivity contribution in [1.82, 2.24) is 0 Å². The summed E-state index contributed by atoms with van der Waals surface area (Å²) in [6.07, 6.45) is 4.01. The second-order valence-electron chi connectivity index (χ2n) is 3.35. The van der Waals surface area contributed by atoms with Crippen molar-refractivity contribution >= 4 is 56.2 Å². The molecule has 0 aliphatic rings. The summed E-state index contributed by atoms with van der Waals surface area (Å²) in [6.45, 7) is 1.92. The first-order chi connectivity index (χ1) is 7.77. The van der Waals surface area contributed by atoms with Crippen LogP contribution in [0.1, 0.15) is 6.92 Å². The fraction of sp³-hybridized carbons (Fsp3) is 0.154. The average Bonchev–Trinajstić information content (AvgIpc) is 2.30. The van der Waals surface area contributed by atoms with Gasteiger partial charge in [0.25, 0.3) is 0 Å². The second-order valence-corrected chi connectivity index (χ2v) is 5.32. The number of hydrogen-bond donors (Lipinski definition) is 0. The predicted octanol–water partition coefficient (Wildman–Crippen LogP) is 2.28. The monoisotopic (exact) mass is 342 g/mol. The van der Waals surface area contributed by atoms with Gasteiger partial charge in [-0.1, -0.05) is 46.9 Å². The lowest BCUT2D eigenvalue weighted by molar-refractivity contribution is 1.54. The summed E-state index contributed by atoms with van der Waals surface area (Å²) >= 11 is 3.98. The minimum Gasteiger partial charge on any atom is -0.289 e. The van der Waals surface area contributed by atoms with Crippen molar-refractivity contribution in [3.63, 3.8) is 0 Å². The van der Waals surface area contributed by atoms with Crippen molar-refractivity contribution in [3.05, 3.63) is 44.2 Å². The molecule has 0 aliphatic heterocycles. The van der Waals surface area contributed by atoms with E-state index in [0.29, 0.717) is 0 Å². The first kappa shape index (κ1) is 11.8. The Balaban J connectivity index is 3.06. The topological polar surface area (TPSA) is 17.1 Å². The Kier molecular flexibility index (Phi) is 3.76. The zero-order valence-corrected chi connectivity index (χ0v) is 11.8. The van der Waals surface area contributed by atoms with E-state index in [1.54, 1.807) is 11.3 Å². The molecule has 0 amide bonds. The molecule has 1 aromatic heterocycles. The number of benzene rings is 1. The normalized spacial score (nSPS) is 13.6. The summed E-state index contributed by atoms with van der Waals surface area (Å²) < 4.78 is 3.07. The Labute approximate surface area is 111 Å². The van der Waals surface area contributed by atoms with Crippen LogP contribution < -0.4 is 15.2 Å². The Bertz CT molecular complexity index is 685. The van der Waals surface area contributed by atoms with Crippen LogP contribution in [0.2, 0.25) is 0 Å². The molecule has 2 aromatic rings. The minimum absolute atomic E-state index is 0.146. The van der Waals surface area contributed by atoms with Crippen LogP contribution in [0.5, 0.6) is 0 Å². The van der Waals surface area contributed by atoms with Crippen molar-refractivity contribution in [2.75, 3.05) is 4.43 Å². The van der Waals surface area contributed by atoms with Gasteiger partial charge in [-0.15, -0.1) is 11.3 Å². The van der Waals surface area contributed by atoms with E-state index in [0.717, 1.165) is 24.3 Å². The van der Waals surface area contributed by atoms with Crippen LogP contribution in [0.4, 0.5) is 0 Å². The van der Waals surface area contributed by atoms with E-state index in [9.17, 15) is 4.79 Å². The molecule has 3 heteroatoms. The molecule has 0 unspecified atom stereocenters. The van der Waals surface area contributed by atoms with Crippen LogP contribution in [-0.2, 0) is 0 Å². The van der Waals surface area contributed by atoms with E-state index in [1.165, 1.54) is 0 Å². The highest BCUT2D eigenvalue weighted by Gasteiger charge is 2.00. The first-order valence-corrected chi connectivity index (χ1v) is 7.36. The van der Waals surface area contributed by atoms with Crippen molar-refractivity contribution in [3.8, 4) is 0 Å². The van der Waals surface area contributed by atoms with Gasteiger partial charge in [-0.25, -0.2) is 0 Å². The van der Waals surface area contributed by atoms with Gasteiger partial charge >= 0.3 is 0 Å². The van der Waals surface area contributed by atoms with Crippen LogP contribution in [0.3, 0.4) is 0 Å². The van der Waals surface area contributed by atoms with Crippen LogP contribution in [0.25, 0.3) is 22.2 Å². The average molecular weight is 342 g/mol. The smallest absolute Gasteiger partial charge is 0.195 e. The quantitative estimate of drug-likeness (QED) is 0.574. The molecule has 0 saturated carbocycles. The Hall–Kier alpha value is -0.680. The molecular formula is C13H11IOS. The summed E-state index contributed by atoms with van der Waals surface area (Å²) in [4.78, 5) is 12.2. The van der Waals surface area contributed by atoms with Gasteiger partial charge in [-0.2, -0.15) is 0 Å². The van der Waals surface area contributed by atoms with E-state index in [4.69, 9.17) is 0 Å². The van der Waals surface area contributed by atoms with Gasteiger partial charge in [0.1, 0.15) is 0 Å². The number of halogens is 1. The third-order valence-corrected chi connectivity index (χ3v) is 4.04. The summed E-state index contributed by atoms with van der Waals surface area (Å²) in [7, 11) is 0.